The highest BCUT2D eigenvalue weighted by Gasteiger charge is 2.05. The zero-order valence-electron chi connectivity index (χ0n) is 14.8. The fourth-order valence-corrected chi connectivity index (χ4v) is 2.47. The van der Waals surface area contributed by atoms with Crippen molar-refractivity contribution in [2.75, 3.05) is 11.9 Å². The standard InChI is InChI=1S/C21H29NO/c1-16(2)13-14-23-19-11-9-18(10-12-19)15-22-21-8-6-5-7-20(21)17(3)4/h5-12,16-17,22H,13-15H2,1-4H3. The summed E-state index contributed by atoms with van der Waals surface area (Å²) in [5, 5.41) is 3.55. The Balaban J connectivity index is 1.89. The van der Waals surface area contributed by atoms with Gasteiger partial charge in [0.15, 0.2) is 0 Å². The number of hydrogen-bond acceptors (Lipinski definition) is 2. The van der Waals surface area contributed by atoms with Crippen molar-refractivity contribution in [2.24, 2.45) is 5.92 Å². The lowest BCUT2D eigenvalue weighted by atomic mass is 10.0. The van der Waals surface area contributed by atoms with Crippen molar-refractivity contribution < 1.29 is 4.74 Å². The molecule has 0 unspecified atom stereocenters. The molecule has 23 heavy (non-hydrogen) atoms. The van der Waals surface area contributed by atoms with Gasteiger partial charge in [-0.3, -0.25) is 0 Å². The summed E-state index contributed by atoms with van der Waals surface area (Å²) in [7, 11) is 0. The number of benzene rings is 2. The molecule has 2 nitrogen and oxygen atoms in total. The number of para-hydroxylation sites is 1. The van der Waals surface area contributed by atoms with Gasteiger partial charge in [-0.1, -0.05) is 58.0 Å². The first-order valence-corrected chi connectivity index (χ1v) is 8.60. The highest BCUT2D eigenvalue weighted by Crippen LogP contribution is 2.24. The van der Waals surface area contributed by atoms with Gasteiger partial charge >= 0.3 is 0 Å². The summed E-state index contributed by atoms with van der Waals surface area (Å²) >= 11 is 0. The first-order valence-electron chi connectivity index (χ1n) is 8.60. The van der Waals surface area contributed by atoms with E-state index in [1.807, 2.05) is 0 Å². The highest BCUT2D eigenvalue weighted by atomic mass is 16.5. The maximum absolute atomic E-state index is 5.76. The van der Waals surface area contributed by atoms with Crippen LogP contribution in [0.1, 0.15) is 51.2 Å². The van der Waals surface area contributed by atoms with Crippen molar-refractivity contribution in [1.29, 1.82) is 0 Å². The number of rotatable bonds is 8. The fourth-order valence-electron chi connectivity index (χ4n) is 2.47. The summed E-state index contributed by atoms with van der Waals surface area (Å²) in [6.07, 6.45) is 1.09. The summed E-state index contributed by atoms with van der Waals surface area (Å²) in [5.41, 5.74) is 3.85. The van der Waals surface area contributed by atoms with Gasteiger partial charge in [0.05, 0.1) is 6.61 Å². The summed E-state index contributed by atoms with van der Waals surface area (Å²) in [5.74, 6) is 2.16. The maximum atomic E-state index is 5.76. The molecule has 0 saturated heterocycles. The Morgan fingerprint density at radius 1 is 0.913 bits per heavy atom. The van der Waals surface area contributed by atoms with Crippen LogP contribution in [0.5, 0.6) is 5.75 Å². The summed E-state index contributed by atoms with van der Waals surface area (Å²) in [4.78, 5) is 0. The number of hydrogen-bond donors (Lipinski definition) is 1. The molecule has 0 aliphatic carbocycles. The van der Waals surface area contributed by atoms with Crippen molar-refractivity contribution in [3.05, 3.63) is 59.7 Å². The maximum Gasteiger partial charge on any atom is 0.119 e. The number of ether oxygens (including phenoxy) is 1. The van der Waals surface area contributed by atoms with Crippen LogP contribution in [0.4, 0.5) is 5.69 Å². The Morgan fingerprint density at radius 2 is 1.61 bits per heavy atom. The van der Waals surface area contributed by atoms with Crippen LogP contribution in [-0.4, -0.2) is 6.61 Å². The molecule has 2 heteroatoms. The Kier molecular flexibility index (Phi) is 6.52. The third-order valence-electron chi connectivity index (χ3n) is 3.95. The van der Waals surface area contributed by atoms with E-state index in [4.69, 9.17) is 4.74 Å². The SMILES string of the molecule is CC(C)CCOc1ccc(CNc2ccccc2C(C)C)cc1. The topological polar surface area (TPSA) is 21.3 Å². The van der Waals surface area contributed by atoms with Gasteiger partial charge in [0.1, 0.15) is 5.75 Å². The van der Waals surface area contributed by atoms with Gasteiger partial charge in [0.2, 0.25) is 0 Å². The molecule has 0 aromatic heterocycles. The third-order valence-corrected chi connectivity index (χ3v) is 3.95. The average Bonchev–Trinajstić information content (AvgIpc) is 2.54. The zero-order chi connectivity index (χ0) is 16.7. The molecule has 0 aliphatic heterocycles. The Labute approximate surface area is 140 Å². The molecule has 0 bridgehead atoms. The van der Waals surface area contributed by atoms with E-state index in [2.05, 4.69) is 81.5 Å². The molecule has 1 N–H and O–H groups in total. The minimum atomic E-state index is 0.524. The van der Waals surface area contributed by atoms with Crippen LogP contribution < -0.4 is 10.1 Å². The van der Waals surface area contributed by atoms with Gasteiger partial charge in [-0.25, -0.2) is 0 Å². The van der Waals surface area contributed by atoms with Crippen LogP contribution in [0.25, 0.3) is 0 Å². The van der Waals surface area contributed by atoms with E-state index in [-0.39, 0.29) is 0 Å². The molecule has 2 rings (SSSR count). The van der Waals surface area contributed by atoms with Gasteiger partial charge in [-0.05, 0) is 47.6 Å². The van der Waals surface area contributed by atoms with E-state index in [0.717, 1.165) is 25.3 Å². The van der Waals surface area contributed by atoms with Crippen LogP contribution in [-0.2, 0) is 6.54 Å². The van der Waals surface area contributed by atoms with Gasteiger partial charge in [-0.2, -0.15) is 0 Å². The third kappa shape index (κ3) is 5.63. The first kappa shape index (κ1) is 17.4. The molecule has 124 valence electrons. The molecule has 0 heterocycles. The van der Waals surface area contributed by atoms with Crippen molar-refractivity contribution in [3.63, 3.8) is 0 Å². The van der Waals surface area contributed by atoms with Crippen LogP contribution in [0, 0.1) is 5.92 Å². The molecule has 2 aromatic carbocycles. The minimum Gasteiger partial charge on any atom is -0.494 e. The van der Waals surface area contributed by atoms with E-state index >= 15 is 0 Å². The molecule has 0 saturated carbocycles. The van der Waals surface area contributed by atoms with Crippen LogP contribution in [0.3, 0.4) is 0 Å². The molecule has 0 atom stereocenters. The second-order valence-electron chi connectivity index (χ2n) is 6.77. The molecule has 0 fully saturated rings. The number of anilines is 1. The largest absolute Gasteiger partial charge is 0.494 e. The van der Waals surface area contributed by atoms with Crippen molar-refractivity contribution in [2.45, 2.75) is 46.6 Å². The molecule has 0 radical (unpaired) electrons. The molecule has 0 amide bonds. The summed E-state index contributed by atoms with van der Waals surface area (Å²) in [6.45, 7) is 10.5. The monoisotopic (exact) mass is 311 g/mol. The van der Waals surface area contributed by atoms with Crippen LogP contribution in [0.2, 0.25) is 0 Å². The summed E-state index contributed by atoms with van der Waals surface area (Å²) in [6, 6.07) is 16.9. The Morgan fingerprint density at radius 3 is 2.26 bits per heavy atom. The number of nitrogens with one attached hydrogen (secondary N) is 1. The summed E-state index contributed by atoms with van der Waals surface area (Å²) < 4.78 is 5.76. The second-order valence-corrected chi connectivity index (χ2v) is 6.77. The van der Waals surface area contributed by atoms with E-state index in [9.17, 15) is 0 Å². The molecular formula is C21H29NO. The molecule has 2 aromatic rings. The van der Waals surface area contributed by atoms with Gasteiger partial charge in [0.25, 0.3) is 0 Å². The van der Waals surface area contributed by atoms with Gasteiger partial charge in [0, 0.05) is 12.2 Å². The predicted octanol–water partition coefficient (Wildman–Crippen LogP) is 5.85. The predicted molar refractivity (Wildman–Crippen MR) is 99.2 cm³/mol. The second kappa shape index (κ2) is 8.61. The zero-order valence-corrected chi connectivity index (χ0v) is 14.8. The lowest BCUT2D eigenvalue weighted by Gasteiger charge is -2.15. The van der Waals surface area contributed by atoms with E-state index < -0.39 is 0 Å². The van der Waals surface area contributed by atoms with Gasteiger partial charge in [-0.15, -0.1) is 0 Å². The van der Waals surface area contributed by atoms with E-state index in [1.165, 1.54) is 16.8 Å². The molecule has 0 aliphatic rings. The van der Waals surface area contributed by atoms with Crippen molar-refractivity contribution in [1.82, 2.24) is 0 Å². The quantitative estimate of drug-likeness (QED) is 0.660. The van der Waals surface area contributed by atoms with Crippen LogP contribution >= 0.6 is 0 Å². The van der Waals surface area contributed by atoms with Crippen LogP contribution in [0.15, 0.2) is 48.5 Å². The Bertz CT molecular complexity index is 587. The lowest BCUT2D eigenvalue weighted by Crippen LogP contribution is -2.04. The van der Waals surface area contributed by atoms with E-state index in [0.29, 0.717) is 11.8 Å². The normalized spacial score (nSPS) is 11.0. The fraction of sp³-hybridized carbons (Fsp3) is 0.429. The van der Waals surface area contributed by atoms with Gasteiger partial charge < -0.3 is 10.1 Å². The molecular weight excluding hydrogens is 282 g/mol. The van der Waals surface area contributed by atoms with E-state index in [1.54, 1.807) is 0 Å². The average molecular weight is 311 g/mol. The first-order chi connectivity index (χ1) is 11.1. The molecule has 0 spiro atoms. The van der Waals surface area contributed by atoms with Crippen molar-refractivity contribution >= 4 is 5.69 Å². The highest BCUT2D eigenvalue weighted by molar-refractivity contribution is 5.52. The van der Waals surface area contributed by atoms with Crippen molar-refractivity contribution in [3.8, 4) is 5.75 Å². The minimum absolute atomic E-state index is 0.524. The smallest absolute Gasteiger partial charge is 0.119 e. The Hall–Kier alpha value is -1.96. The lowest BCUT2D eigenvalue weighted by molar-refractivity contribution is 0.289.